The molecule has 1 heterocycles. The van der Waals surface area contributed by atoms with Gasteiger partial charge in [-0.15, -0.1) is 0 Å². The van der Waals surface area contributed by atoms with E-state index in [1.54, 1.807) is 0 Å². The fourth-order valence-electron chi connectivity index (χ4n) is 1.72. The molecule has 19 heavy (non-hydrogen) atoms. The third-order valence-corrected chi connectivity index (χ3v) is 4.27. The first-order valence-corrected chi connectivity index (χ1v) is 7.11. The molecule has 2 aromatic rings. The van der Waals surface area contributed by atoms with E-state index in [1.165, 1.54) is 12.1 Å². The zero-order valence-electron chi connectivity index (χ0n) is 10.1. The Bertz CT molecular complexity index is 600. The van der Waals surface area contributed by atoms with Crippen LogP contribution in [0.2, 0.25) is 5.15 Å². The van der Waals surface area contributed by atoms with Crippen molar-refractivity contribution in [3.63, 3.8) is 0 Å². The molecule has 0 aliphatic rings. The summed E-state index contributed by atoms with van der Waals surface area (Å²) in [5.74, 6) is -0.753. The van der Waals surface area contributed by atoms with Gasteiger partial charge >= 0.3 is 0 Å². The lowest BCUT2D eigenvalue weighted by atomic mass is 10.1. The number of hydrogen-bond acceptors (Lipinski definition) is 2. The lowest BCUT2D eigenvalue weighted by Gasteiger charge is -2.07. The lowest BCUT2D eigenvalue weighted by Crippen LogP contribution is -2.04. The number of halogens is 4. The van der Waals surface area contributed by atoms with Crippen molar-refractivity contribution in [3.05, 3.63) is 55.6 Å². The predicted molar refractivity (Wildman–Crippen MR) is 78.3 cm³/mol. The number of rotatable bonds is 3. The zero-order chi connectivity index (χ0) is 14.0. The van der Waals surface area contributed by atoms with Crippen molar-refractivity contribution in [1.82, 2.24) is 9.97 Å². The minimum absolute atomic E-state index is 0.248. The minimum atomic E-state index is -0.609. The first kappa shape index (κ1) is 14.6. The summed E-state index contributed by atoms with van der Waals surface area (Å²) < 4.78 is 27.0. The molecule has 0 amide bonds. The summed E-state index contributed by atoms with van der Waals surface area (Å²) in [7, 11) is 0. The Labute approximate surface area is 128 Å². The molecule has 1 aromatic heterocycles. The molecule has 0 saturated carbocycles. The van der Waals surface area contributed by atoms with Gasteiger partial charge in [0.05, 0.1) is 9.26 Å². The van der Waals surface area contributed by atoms with Gasteiger partial charge in [-0.25, -0.2) is 18.7 Å². The molecular formula is C13H10ClF2IN2. The molecular weight excluding hydrogens is 385 g/mol. The van der Waals surface area contributed by atoms with Crippen LogP contribution in [0.3, 0.4) is 0 Å². The Kier molecular flexibility index (Phi) is 4.67. The number of nitrogens with zero attached hydrogens (tertiary/aromatic N) is 2. The molecule has 0 fully saturated rings. The van der Waals surface area contributed by atoms with Crippen molar-refractivity contribution in [2.24, 2.45) is 0 Å². The number of aromatic nitrogens is 2. The number of benzene rings is 1. The van der Waals surface area contributed by atoms with Crippen LogP contribution >= 0.6 is 34.2 Å². The van der Waals surface area contributed by atoms with E-state index in [0.29, 0.717) is 16.5 Å². The molecule has 6 heteroatoms. The molecule has 0 spiro atoms. The topological polar surface area (TPSA) is 25.8 Å². The van der Waals surface area contributed by atoms with Crippen LogP contribution in [-0.2, 0) is 12.8 Å². The highest BCUT2D eigenvalue weighted by Gasteiger charge is 2.10. The average molecular weight is 395 g/mol. The summed E-state index contributed by atoms with van der Waals surface area (Å²) in [4.78, 5) is 8.50. The van der Waals surface area contributed by atoms with Crippen LogP contribution in [0.1, 0.15) is 24.0 Å². The van der Waals surface area contributed by atoms with E-state index in [9.17, 15) is 8.78 Å². The van der Waals surface area contributed by atoms with E-state index in [1.807, 2.05) is 6.92 Å². The van der Waals surface area contributed by atoms with Gasteiger partial charge in [-0.05, 0) is 46.7 Å². The van der Waals surface area contributed by atoms with Crippen molar-refractivity contribution in [2.45, 2.75) is 19.8 Å². The Morgan fingerprint density at radius 2 is 1.79 bits per heavy atom. The van der Waals surface area contributed by atoms with E-state index >= 15 is 0 Å². The highest BCUT2D eigenvalue weighted by molar-refractivity contribution is 14.1. The zero-order valence-corrected chi connectivity index (χ0v) is 13.0. The molecule has 2 rings (SSSR count). The van der Waals surface area contributed by atoms with Gasteiger partial charge in [0.2, 0.25) is 0 Å². The first-order valence-electron chi connectivity index (χ1n) is 5.65. The molecule has 0 unspecified atom stereocenters. The van der Waals surface area contributed by atoms with Gasteiger partial charge in [-0.1, -0.05) is 18.5 Å². The van der Waals surface area contributed by atoms with Crippen LogP contribution in [0, 0.1) is 15.2 Å². The fourth-order valence-corrected chi connectivity index (χ4v) is 2.55. The molecule has 0 N–H and O–H groups in total. The largest absolute Gasteiger partial charge is 0.236 e. The fraction of sp³-hybridized carbons (Fsp3) is 0.231. The molecule has 0 atom stereocenters. The molecule has 0 aliphatic heterocycles. The molecule has 100 valence electrons. The molecule has 1 aromatic carbocycles. The van der Waals surface area contributed by atoms with E-state index in [-0.39, 0.29) is 6.42 Å². The van der Waals surface area contributed by atoms with Crippen LogP contribution in [0.15, 0.2) is 18.2 Å². The Morgan fingerprint density at radius 3 is 2.37 bits per heavy atom. The van der Waals surface area contributed by atoms with Crippen LogP contribution < -0.4 is 0 Å². The van der Waals surface area contributed by atoms with Gasteiger partial charge in [0.15, 0.2) is 0 Å². The number of aryl methyl sites for hydroxylation is 1. The summed E-state index contributed by atoms with van der Waals surface area (Å²) in [5, 5.41) is 0.374. The van der Waals surface area contributed by atoms with Crippen molar-refractivity contribution >= 4 is 34.2 Å². The average Bonchev–Trinajstić information content (AvgIpc) is 2.32. The Hall–Kier alpha value is -0.820. The SMILES string of the molecule is CCc1nc(Cc2cc(F)cc(F)c2)nc(Cl)c1I. The maximum atomic E-state index is 13.1. The maximum absolute atomic E-state index is 13.1. The highest BCUT2D eigenvalue weighted by Crippen LogP contribution is 2.21. The summed E-state index contributed by atoms with van der Waals surface area (Å²) in [6.45, 7) is 1.96. The molecule has 0 aliphatic carbocycles. The second kappa shape index (κ2) is 6.09. The molecule has 2 nitrogen and oxygen atoms in total. The second-order valence-electron chi connectivity index (χ2n) is 4.00. The quantitative estimate of drug-likeness (QED) is 0.577. The molecule has 0 radical (unpaired) electrons. The van der Waals surface area contributed by atoms with E-state index in [2.05, 4.69) is 32.6 Å². The van der Waals surface area contributed by atoms with Crippen molar-refractivity contribution in [1.29, 1.82) is 0 Å². The molecule has 0 saturated heterocycles. The Morgan fingerprint density at radius 1 is 1.16 bits per heavy atom. The normalized spacial score (nSPS) is 10.8. The van der Waals surface area contributed by atoms with Crippen molar-refractivity contribution in [2.75, 3.05) is 0 Å². The Balaban J connectivity index is 2.35. The first-order chi connectivity index (χ1) is 8.99. The minimum Gasteiger partial charge on any atom is -0.236 e. The van der Waals surface area contributed by atoms with Crippen molar-refractivity contribution < 1.29 is 8.78 Å². The summed E-state index contributed by atoms with van der Waals surface area (Å²) in [5.41, 5.74) is 1.32. The van der Waals surface area contributed by atoms with Gasteiger partial charge in [0.1, 0.15) is 22.6 Å². The van der Waals surface area contributed by atoms with Crippen LogP contribution in [0.4, 0.5) is 8.78 Å². The second-order valence-corrected chi connectivity index (χ2v) is 5.44. The van der Waals surface area contributed by atoms with Gasteiger partial charge in [-0.3, -0.25) is 0 Å². The van der Waals surface area contributed by atoms with Crippen molar-refractivity contribution in [3.8, 4) is 0 Å². The van der Waals surface area contributed by atoms with Crippen LogP contribution in [-0.4, -0.2) is 9.97 Å². The van der Waals surface area contributed by atoms with Gasteiger partial charge in [0, 0.05) is 12.5 Å². The molecule has 0 bridgehead atoms. The maximum Gasteiger partial charge on any atom is 0.146 e. The van der Waals surface area contributed by atoms with Crippen LogP contribution in [0.5, 0.6) is 0 Å². The van der Waals surface area contributed by atoms with Gasteiger partial charge in [-0.2, -0.15) is 0 Å². The summed E-state index contributed by atoms with van der Waals surface area (Å²) in [6, 6.07) is 3.37. The predicted octanol–water partition coefficient (Wildman–Crippen LogP) is 4.17. The smallest absolute Gasteiger partial charge is 0.146 e. The van der Waals surface area contributed by atoms with E-state index < -0.39 is 11.6 Å². The lowest BCUT2D eigenvalue weighted by molar-refractivity contribution is 0.580. The van der Waals surface area contributed by atoms with Crippen LogP contribution in [0.25, 0.3) is 0 Å². The number of hydrogen-bond donors (Lipinski definition) is 0. The summed E-state index contributed by atoms with van der Waals surface area (Å²) >= 11 is 8.11. The monoisotopic (exact) mass is 394 g/mol. The van der Waals surface area contributed by atoms with E-state index in [0.717, 1.165) is 21.8 Å². The van der Waals surface area contributed by atoms with Gasteiger partial charge in [0.25, 0.3) is 0 Å². The van der Waals surface area contributed by atoms with E-state index in [4.69, 9.17) is 11.6 Å². The third-order valence-electron chi connectivity index (χ3n) is 2.55. The van der Waals surface area contributed by atoms with Gasteiger partial charge < -0.3 is 0 Å². The summed E-state index contributed by atoms with van der Waals surface area (Å²) in [6.07, 6.45) is 0.976. The third kappa shape index (κ3) is 3.60. The highest BCUT2D eigenvalue weighted by atomic mass is 127. The standard InChI is InChI=1S/C13H10ClF2IN2/c1-2-10-12(17)13(14)19-11(18-10)5-7-3-8(15)6-9(16)4-7/h3-4,6H,2,5H2,1H3.